The summed E-state index contributed by atoms with van der Waals surface area (Å²) in [5.41, 5.74) is 5.39. The number of carboxylic acids is 1. The fourth-order valence-electron chi connectivity index (χ4n) is 2.12. The summed E-state index contributed by atoms with van der Waals surface area (Å²) >= 11 is 0. The van der Waals surface area contributed by atoms with Gasteiger partial charge in [-0.05, 0) is 37.1 Å². The number of nitrogens with one attached hydrogen (secondary N) is 1. The Bertz CT molecular complexity index is 311. The molecule has 0 spiro atoms. The highest BCUT2D eigenvalue weighted by atomic mass is 16.4. The smallest absolute Gasteiger partial charge is 0.308 e. The molecule has 0 aliphatic carbocycles. The van der Waals surface area contributed by atoms with Gasteiger partial charge in [0.1, 0.15) is 0 Å². The summed E-state index contributed by atoms with van der Waals surface area (Å²) in [7, 11) is 0. The Kier molecular flexibility index (Phi) is 8.46. The average Bonchev–Trinajstić information content (AvgIpc) is 2.30. The molecule has 0 aromatic heterocycles. The van der Waals surface area contributed by atoms with Gasteiger partial charge in [-0.1, -0.05) is 27.7 Å². The topological polar surface area (TPSA) is 92.4 Å². The zero-order valence-corrected chi connectivity index (χ0v) is 13.2. The van der Waals surface area contributed by atoms with Crippen LogP contribution in [-0.4, -0.2) is 30.1 Å². The quantitative estimate of drug-likeness (QED) is 0.604. The summed E-state index contributed by atoms with van der Waals surface area (Å²) < 4.78 is 0. The minimum Gasteiger partial charge on any atom is -0.481 e. The summed E-state index contributed by atoms with van der Waals surface area (Å²) in [5.74, 6) is -1.03. The van der Waals surface area contributed by atoms with Gasteiger partial charge in [-0.3, -0.25) is 9.59 Å². The van der Waals surface area contributed by atoms with Gasteiger partial charge in [-0.25, -0.2) is 0 Å². The van der Waals surface area contributed by atoms with Gasteiger partial charge in [0.05, 0.1) is 5.92 Å². The molecule has 1 amide bonds. The molecule has 0 aliphatic heterocycles. The molecule has 0 aromatic carbocycles. The lowest BCUT2D eigenvalue weighted by molar-refractivity contribution is -0.142. The molecule has 4 N–H and O–H groups in total. The zero-order valence-electron chi connectivity index (χ0n) is 13.2. The van der Waals surface area contributed by atoms with Crippen LogP contribution in [0.25, 0.3) is 0 Å². The average molecular weight is 286 g/mol. The summed E-state index contributed by atoms with van der Waals surface area (Å²) in [6.45, 7) is 8.91. The zero-order chi connectivity index (χ0) is 15.8. The monoisotopic (exact) mass is 286 g/mol. The number of carbonyl (C=O) groups excluding carboxylic acids is 1. The summed E-state index contributed by atoms with van der Waals surface area (Å²) in [6.07, 6.45) is 2.68. The Labute approximate surface area is 122 Å². The number of hydrogen-bond acceptors (Lipinski definition) is 3. The number of nitrogens with two attached hydrogens (primary N) is 1. The Morgan fingerprint density at radius 3 is 2.30 bits per heavy atom. The van der Waals surface area contributed by atoms with Gasteiger partial charge >= 0.3 is 5.97 Å². The van der Waals surface area contributed by atoms with Gasteiger partial charge < -0.3 is 16.2 Å². The van der Waals surface area contributed by atoms with Crippen LogP contribution in [0.4, 0.5) is 0 Å². The second-order valence-electron chi connectivity index (χ2n) is 6.83. The maximum absolute atomic E-state index is 11.7. The van der Waals surface area contributed by atoms with Gasteiger partial charge in [0, 0.05) is 13.0 Å². The van der Waals surface area contributed by atoms with E-state index in [1.165, 1.54) is 0 Å². The van der Waals surface area contributed by atoms with Crippen LogP contribution in [0.3, 0.4) is 0 Å². The van der Waals surface area contributed by atoms with Gasteiger partial charge in [0.25, 0.3) is 0 Å². The number of aliphatic carboxylic acids is 1. The molecular formula is C15H30N2O3. The molecule has 0 fully saturated rings. The lowest BCUT2D eigenvalue weighted by atomic mass is 9.84. The molecule has 0 saturated heterocycles. The Hall–Kier alpha value is -1.10. The van der Waals surface area contributed by atoms with Crippen LogP contribution in [0, 0.1) is 17.3 Å². The minimum atomic E-state index is -0.850. The van der Waals surface area contributed by atoms with Crippen LogP contribution >= 0.6 is 0 Å². The number of rotatable bonds is 9. The Balaban J connectivity index is 4.09. The number of carboxylic acid groups (broad SMARTS) is 1. The van der Waals surface area contributed by atoms with Crippen molar-refractivity contribution in [3.8, 4) is 0 Å². The highest BCUT2D eigenvalue weighted by molar-refractivity contribution is 5.77. The number of amides is 1. The second kappa shape index (κ2) is 8.95. The van der Waals surface area contributed by atoms with E-state index in [1.807, 2.05) is 20.8 Å². The van der Waals surface area contributed by atoms with Gasteiger partial charge in [-0.2, -0.15) is 0 Å². The first kappa shape index (κ1) is 18.9. The largest absolute Gasteiger partial charge is 0.481 e. The molecule has 20 heavy (non-hydrogen) atoms. The molecule has 2 atom stereocenters. The minimum absolute atomic E-state index is 0.0660. The number of hydrogen-bond donors (Lipinski definition) is 3. The molecule has 0 radical (unpaired) electrons. The molecule has 0 bridgehead atoms. The molecule has 2 unspecified atom stereocenters. The van der Waals surface area contributed by atoms with Crippen molar-refractivity contribution in [2.24, 2.45) is 23.0 Å². The van der Waals surface area contributed by atoms with E-state index in [1.54, 1.807) is 0 Å². The van der Waals surface area contributed by atoms with Crippen LogP contribution in [0.5, 0.6) is 0 Å². The second-order valence-corrected chi connectivity index (χ2v) is 6.83. The Morgan fingerprint density at radius 2 is 1.85 bits per heavy atom. The van der Waals surface area contributed by atoms with Crippen molar-refractivity contribution < 1.29 is 14.7 Å². The third kappa shape index (κ3) is 9.78. The summed E-state index contributed by atoms with van der Waals surface area (Å²) in [5, 5.41) is 11.9. The maximum Gasteiger partial charge on any atom is 0.308 e. The molecule has 0 heterocycles. The predicted octanol–water partition coefficient (Wildman–Crippen LogP) is 2.00. The molecule has 118 valence electrons. The molecule has 0 saturated carbocycles. The fraction of sp³-hybridized carbons (Fsp3) is 0.867. The van der Waals surface area contributed by atoms with Crippen molar-refractivity contribution in [1.82, 2.24) is 5.32 Å². The summed E-state index contributed by atoms with van der Waals surface area (Å²) in [4.78, 5) is 22.9. The van der Waals surface area contributed by atoms with Gasteiger partial charge in [-0.15, -0.1) is 0 Å². The van der Waals surface area contributed by atoms with E-state index in [-0.39, 0.29) is 17.9 Å². The van der Waals surface area contributed by atoms with Crippen molar-refractivity contribution in [3.63, 3.8) is 0 Å². The van der Waals surface area contributed by atoms with Crippen LogP contribution in [0.2, 0.25) is 0 Å². The van der Waals surface area contributed by atoms with Crippen LogP contribution < -0.4 is 11.1 Å². The molecular weight excluding hydrogens is 256 g/mol. The molecule has 5 nitrogen and oxygen atoms in total. The standard InChI is InChI=1S/C15H30N2O3/c1-11(7-8-16)5-6-13(18)17-10-12(14(19)20)9-15(2,3)4/h11-12H,5-10,16H2,1-4H3,(H,17,18)(H,19,20). The highest BCUT2D eigenvalue weighted by Gasteiger charge is 2.24. The first-order chi connectivity index (χ1) is 9.15. The van der Waals surface area contributed by atoms with Crippen molar-refractivity contribution in [2.75, 3.05) is 13.1 Å². The lowest BCUT2D eigenvalue weighted by Gasteiger charge is -2.23. The van der Waals surface area contributed by atoms with E-state index in [4.69, 9.17) is 5.73 Å². The fourth-order valence-corrected chi connectivity index (χ4v) is 2.12. The molecule has 0 aromatic rings. The van der Waals surface area contributed by atoms with Crippen LogP contribution in [0.15, 0.2) is 0 Å². The van der Waals surface area contributed by atoms with Crippen molar-refractivity contribution >= 4 is 11.9 Å². The highest BCUT2D eigenvalue weighted by Crippen LogP contribution is 2.24. The molecule has 5 heteroatoms. The van der Waals surface area contributed by atoms with Gasteiger partial charge in [0.15, 0.2) is 0 Å². The van der Waals surface area contributed by atoms with Crippen LogP contribution in [0.1, 0.15) is 53.4 Å². The predicted molar refractivity (Wildman–Crippen MR) is 80.3 cm³/mol. The third-order valence-corrected chi connectivity index (χ3v) is 3.28. The van der Waals surface area contributed by atoms with E-state index in [9.17, 15) is 14.7 Å². The molecule has 0 aliphatic rings. The maximum atomic E-state index is 11.7. The SMILES string of the molecule is CC(CCN)CCC(=O)NCC(CC(C)(C)C)C(=O)O. The van der Waals surface area contributed by atoms with Crippen LogP contribution in [-0.2, 0) is 9.59 Å². The first-order valence-electron chi connectivity index (χ1n) is 7.35. The molecule has 0 rings (SSSR count). The normalized spacial score (nSPS) is 14.7. The van der Waals surface area contributed by atoms with E-state index in [0.717, 1.165) is 12.8 Å². The summed E-state index contributed by atoms with van der Waals surface area (Å²) in [6, 6.07) is 0. The van der Waals surface area contributed by atoms with Crippen molar-refractivity contribution in [1.29, 1.82) is 0 Å². The number of carbonyl (C=O) groups is 2. The van der Waals surface area contributed by atoms with E-state index < -0.39 is 11.9 Å². The third-order valence-electron chi connectivity index (χ3n) is 3.28. The lowest BCUT2D eigenvalue weighted by Crippen LogP contribution is -2.35. The van der Waals surface area contributed by atoms with Crippen molar-refractivity contribution in [2.45, 2.75) is 53.4 Å². The van der Waals surface area contributed by atoms with E-state index >= 15 is 0 Å². The van der Waals surface area contributed by atoms with Gasteiger partial charge in [0.2, 0.25) is 5.91 Å². The van der Waals surface area contributed by atoms with Crippen molar-refractivity contribution in [3.05, 3.63) is 0 Å². The van der Waals surface area contributed by atoms with E-state index in [0.29, 0.717) is 25.3 Å². The van der Waals surface area contributed by atoms with E-state index in [2.05, 4.69) is 12.2 Å². The Morgan fingerprint density at radius 1 is 1.25 bits per heavy atom. The first-order valence-corrected chi connectivity index (χ1v) is 7.35.